The highest BCUT2D eigenvalue weighted by Crippen LogP contribution is 1.97. The smallest absolute Gasteiger partial charge is 0.0636 e. The van der Waals surface area contributed by atoms with Crippen molar-refractivity contribution in [1.29, 1.82) is 0 Å². The van der Waals surface area contributed by atoms with Gasteiger partial charge in [-0.2, -0.15) is 0 Å². The van der Waals surface area contributed by atoms with Crippen LogP contribution in [-0.2, 0) is 0 Å². The van der Waals surface area contributed by atoms with Gasteiger partial charge in [0.15, 0.2) is 0 Å². The average Bonchev–Trinajstić information content (AvgIpc) is 2.02. The van der Waals surface area contributed by atoms with E-state index in [2.05, 4.69) is 5.32 Å². The Hall–Kier alpha value is -0.120. The van der Waals surface area contributed by atoms with Crippen LogP contribution >= 0.6 is 0 Å². The molecule has 0 aliphatic rings. The van der Waals surface area contributed by atoms with Crippen LogP contribution in [0.2, 0.25) is 0 Å². The Morgan fingerprint density at radius 3 is 2.42 bits per heavy atom. The Bertz CT molecular complexity index is 86.6. The first-order valence-electron chi connectivity index (χ1n) is 4.77. The zero-order valence-electron chi connectivity index (χ0n) is 7.92. The maximum atomic E-state index is 8.90. The van der Waals surface area contributed by atoms with Crippen LogP contribution in [0, 0.1) is 0 Å². The second-order valence-electron chi connectivity index (χ2n) is 3.19. The molecule has 0 aliphatic carbocycles. The predicted molar refractivity (Wildman–Crippen MR) is 50.1 cm³/mol. The Morgan fingerprint density at radius 1 is 1.17 bits per heavy atom. The first-order chi connectivity index (χ1) is 5.77. The second kappa shape index (κ2) is 8.97. The zero-order valence-corrected chi connectivity index (χ0v) is 7.92. The van der Waals surface area contributed by atoms with Gasteiger partial charge in [-0.25, -0.2) is 0 Å². The van der Waals surface area contributed by atoms with E-state index in [-0.39, 0.29) is 6.10 Å². The number of unbranched alkanes of at least 4 members (excludes halogenated alkanes) is 3. The van der Waals surface area contributed by atoms with Crippen LogP contribution in [0.1, 0.15) is 32.6 Å². The van der Waals surface area contributed by atoms with Gasteiger partial charge in [0, 0.05) is 13.2 Å². The lowest BCUT2D eigenvalue weighted by atomic mass is 10.2. The zero-order chi connectivity index (χ0) is 9.23. The van der Waals surface area contributed by atoms with Crippen LogP contribution in [0.25, 0.3) is 0 Å². The highest BCUT2D eigenvalue weighted by Gasteiger charge is 1.93. The van der Waals surface area contributed by atoms with Crippen molar-refractivity contribution in [1.82, 2.24) is 5.32 Å². The van der Waals surface area contributed by atoms with Crippen molar-refractivity contribution in [2.24, 2.45) is 0 Å². The van der Waals surface area contributed by atoms with E-state index in [1.807, 2.05) is 0 Å². The van der Waals surface area contributed by atoms with Gasteiger partial charge in [0.25, 0.3) is 0 Å². The molecule has 3 N–H and O–H groups in total. The number of aliphatic hydroxyl groups excluding tert-OH is 2. The van der Waals surface area contributed by atoms with Crippen molar-refractivity contribution in [3.8, 4) is 0 Å². The molecule has 0 spiro atoms. The van der Waals surface area contributed by atoms with Crippen molar-refractivity contribution in [3.63, 3.8) is 0 Å². The van der Waals surface area contributed by atoms with Gasteiger partial charge in [-0.15, -0.1) is 0 Å². The molecule has 0 bridgehead atoms. The number of hydrogen-bond donors (Lipinski definition) is 3. The third-order valence-electron chi connectivity index (χ3n) is 1.70. The highest BCUT2D eigenvalue weighted by atomic mass is 16.3. The minimum absolute atomic E-state index is 0.248. The lowest BCUT2D eigenvalue weighted by Gasteiger charge is -2.05. The molecule has 74 valence electrons. The third kappa shape index (κ3) is 9.88. The lowest BCUT2D eigenvalue weighted by Crippen LogP contribution is -2.25. The maximum absolute atomic E-state index is 8.90. The summed E-state index contributed by atoms with van der Waals surface area (Å²) in [5.41, 5.74) is 0. The normalized spacial score (nSPS) is 13.2. The van der Waals surface area contributed by atoms with E-state index in [4.69, 9.17) is 10.2 Å². The third-order valence-corrected chi connectivity index (χ3v) is 1.70. The van der Waals surface area contributed by atoms with Crippen molar-refractivity contribution in [2.45, 2.75) is 38.7 Å². The highest BCUT2D eigenvalue weighted by molar-refractivity contribution is 4.52. The molecule has 0 aromatic carbocycles. The van der Waals surface area contributed by atoms with Gasteiger partial charge in [-0.3, -0.25) is 0 Å². The summed E-state index contributed by atoms with van der Waals surface area (Å²) >= 11 is 0. The molecular weight excluding hydrogens is 154 g/mol. The van der Waals surface area contributed by atoms with Crippen molar-refractivity contribution in [2.75, 3.05) is 19.7 Å². The summed E-state index contributed by atoms with van der Waals surface area (Å²) in [6.07, 6.45) is 4.06. The minimum Gasteiger partial charge on any atom is -0.396 e. The summed E-state index contributed by atoms with van der Waals surface area (Å²) in [5.74, 6) is 0. The number of aliphatic hydroxyl groups is 2. The number of nitrogens with one attached hydrogen (secondary N) is 1. The van der Waals surface area contributed by atoms with Crippen LogP contribution in [0.15, 0.2) is 0 Å². The summed E-state index contributed by atoms with van der Waals surface area (Å²) in [6.45, 7) is 3.73. The van der Waals surface area contributed by atoms with Crippen molar-refractivity contribution in [3.05, 3.63) is 0 Å². The summed E-state index contributed by atoms with van der Waals surface area (Å²) in [4.78, 5) is 0. The molecule has 0 saturated heterocycles. The van der Waals surface area contributed by atoms with Crippen molar-refractivity contribution >= 4 is 0 Å². The van der Waals surface area contributed by atoms with Crippen LogP contribution in [0.5, 0.6) is 0 Å². The predicted octanol–water partition coefficient (Wildman–Crippen LogP) is 0.509. The molecular formula is C9H21NO2. The van der Waals surface area contributed by atoms with Gasteiger partial charge in [0.1, 0.15) is 0 Å². The number of rotatable bonds is 8. The first-order valence-corrected chi connectivity index (χ1v) is 4.77. The minimum atomic E-state index is -0.248. The summed E-state index contributed by atoms with van der Waals surface area (Å²) < 4.78 is 0. The van der Waals surface area contributed by atoms with E-state index in [9.17, 15) is 0 Å². The van der Waals surface area contributed by atoms with Gasteiger partial charge in [-0.05, 0) is 26.3 Å². The molecule has 0 heterocycles. The first kappa shape index (κ1) is 11.9. The van der Waals surface area contributed by atoms with Gasteiger partial charge in [0.05, 0.1) is 6.10 Å². The van der Waals surface area contributed by atoms with E-state index in [0.29, 0.717) is 13.2 Å². The number of hydrogen-bond acceptors (Lipinski definition) is 3. The molecule has 0 aromatic heterocycles. The van der Waals surface area contributed by atoms with E-state index >= 15 is 0 Å². The second-order valence-corrected chi connectivity index (χ2v) is 3.19. The van der Waals surface area contributed by atoms with Gasteiger partial charge >= 0.3 is 0 Å². The Labute approximate surface area is 74.8 Å². The fourth-order valence-electron chi connectivity index (χ4n) is 1.03. The lowest BCUT2D eigenvalue weighted by molar-refractivity contribution is 0.191. The monoisotopic (exact) mass is 175 g/mol. The van der Waals surface area contributed by atoms with Gasteiger partial charge < -0.3 is 15.5 Å². The van der Waals surface area contributed by atoms with E-state index in [1.54, 1.807) is 6.92 Å². The largest absolute Gasteiger partial charge is 0.396 e. The van der Waals surface area contributed by atoms with Crippen LogP contribution < -0.4 is 5.32 Å². The molecule has 0 radical (unpaired) electrons. The van der Waals surface area contributed by atoms with Gasteiger partial charge in [-0.1, -0.05) is 12.8 Å². The van der Waals surface area contributed by atoms with Crippen molar-refractivity contribution < 1.29 is 10.2 Å². The summed E-state index contributed by atoms with van der Waals surface area (Å²) in [7, 11) is 0. The topological polar surface area (TPSA) is 52.5 Å². The van der Waals surface area contributed by atoms with Gasteiger partial charge in [0.2, 0.25) is 0 Å². The van der Waals surface area contributed by atoms with E-state index < -0.39 is 0 Å². The molecule has 0 fully saturated rings. The summed E-state index contributed by atoms with van der Waals surface area (Å²) in [5, 5.41) is 20.5. The van der Waals surface area contributed by atoms with Crippen LogP contribution in [-0.4, -0.2) is 36.0 Å². The molecule has 1 atom stereocenters. The Balaban J connectivity index is 2.82. The van der Waals surface area contributed by atoms with E-state index in [1.165, 1.54) is 0 Å². The molecule has 0 saturated carbocycles. The fraction of sp³-hybridized carbons (Fsp3) is 1.00. The molecule has 0 rings (SSSR count). The Kier molecular flexibility index (Phi) is 8.88. The maximum Gasteiger partial charge on any atom is 0.0636 e. The molecule has 0 amide bonds. The standard InChI is InChI=1S/C9H21NO2/c1-9(12)8-10-6-4-2-3-5-7-11/h9-12H,2-8H2,1H3. The quantitative estimate of drug-likeness (QED) is 0.471. The SMILES string of the molecule is CC(O)CNCCCCCCO. The average molecular weight is 175 g/mol. The molecule has 12 heavy (non-hydrogen) atoms. The summed E-state index contributed by atoms with van der Waals surface area (Å²) in [6, 6.07) is 0. The molecule has 0 aromatic rings. The van der Waals surface area contributed by atoms with E-state index in [0.717, 1.165) is 32.2 Å². The molecule has 0 aliphatic heterocycles. The molecule has 1 unspecified atom stereocenters. The fourth-order valence-corrected chi connectivity index (χ4v) is 1.03. The Morgan fingerprint density at radius 2 is 1.83 bits per heavy atom. The molecule has 3 nitrogen and oxygen atoms in total. The molecule has 3 heteroatoms. The van der Waals surface area contributed by atoms with Crippen LogP contribution in [0.3, 0.4) is 0 Å². The van der Waals surface area contributed by atoms with Crippen LogP contribution in [0.4, 0.5) is 0 Å².